The van der Waals surface area contributed by atoms with Crippen molar-refractivity contribution in [2.75, 3.05) is 0 Å². The Morgan fingerprint density at radius 3 is 2.10 bits per heavy atom. The standard InChI is InChI=1S/C39H37N4O.C20H26NSi.Ir/c1-22(2)28-15-16-30(37-34(28)29-14-11-18-41-39(29)44-37)38-42-33-17-19-40-25(7)35(33)43(38)36-31(23(3)4)20-27(21-32(36)24(5)6)26-12-9-8-10-13-26;1-22(2,3)20-15-21-19(17-11-5-4-6-12-17)14-18(20)13-16-9-7-8-10-16;/h8-15,17-24H,1-7H3;4-6,11,14-16H,7-10,13H2,1-3H3;/q2*-1;. The second-order valence-corrected chi connectivity index (χ2v) is 25.3. The molecule has 1 fully saturated rings. The molecular weight excluding hydrogens is 1010 g/mol. The molecule has 8 heteroatoms. The minimum atomic E-state index is -1.35. The van der Waals surface area contributed by atoms with Crippen LogP contribution in [0.25, 0.3) is 72.6 Å². The predicted molar refractivity (Wildman–Crippen MR) is 278 cm³/mol. The molecule has 9 aromatic rings. The van der Waals surface area contributed by atoms with Gasteiger partial charge >= 0.3 is 0 Å². The second kappa shape index (κ2) is 20.0. The summed E-state index contributed by atoms with van der Waals surface area (Å²) in [7, 11) is -1.35. The Balaban J connectivity index is 0.000000223. The fourth-order valence-corrected chi connectivity index (χ4v) is 11.6. The van der Waals surface area contributed by atoms with E-state index >= 15 is 0 Å². The third-order valence-corrected chi connectivity index (χ3v) is 15.5. The number of aromatic nitrogens is 5. The Bertz CT molecular complexity index is 3130. The van der Waals surface area contributed by atoms with Crippen molar-refractivity contribution in [3.8, 4) is 39.5 Å². The molecule has 4 aromatic carbocycles. The largest absolute Gasteiger partial charge is 0.486 e. The molecule has 5 heterocycles. The first-order valence-corrected chi connectivity index (χ1v) is 27.5. The minimum Gasteiger partial charge on any atom is -0.486 e. The van der Waals surface area contributed by atoms with Crippen molar-refractivity contribution in [2.45, 2.75) is 118 Å². The number of fused-ring (bicyclic) bond motifs is 4. The van der Waals surface area contributed by atoms with Gasteiger partial charge in [-0.15, -0.1) is 53.6 Å². The van der Waals surface area contributed by atoms with Crippen LogP contribution in [0.15, 0.2) is 120 Å². The number of hydrogen-bond acceptors (Lipinski definition) is 5. The topological polar surface area (TPSA) is 69.6 Å². The SMILES string of the molecule is C[Si](C)(C)c1cnc(-c2[c-]cccc2)cc1CC1CCCC1.Cc1nccc2nc(-c3[c-]cc(C(C)C)c4c3oc3ncccc34)n(-c3c(C(C)C)cc(-c4ccccc4)cc3C(C)C)c12.[Ir]. The number of benzene rings is 4. The number of imidazole rings is 1. The summed E-state index contributed by atoms with van der Waals surface area (Å²) in [6.45, 7) is 22.9. The summed E-state index contributed by atoms with van der Waals surface area (Å²) in [6.07, 6.45) is 12.7. The Morgan fingerprint density at radius 1 is 0.746 bits per heavy atom. The average molecular weight is 1080 g/mol. The van der Waals surface area contributed by atoms with Crippen LogP contribution in [0.1, 0.15) is 113 Å². The van der Waals surface area contributed by atoms with Gasteiger partial charge in [-0.2, -0.15) is 0 Å². The molecule has 67 heavy (non-hydrogen) atoms. The van der Waals surface area contributed by atoms with Gasteiger partial charge in [-0.05, 0) is 94.6 Å². The monoisotopic (exact) mass is 1080 g/mol. The number of nitrogens with zero attached hydrogens (tertiary/aromatic N) is 5. The van der Waals surface area contributed by atoms with Crippen LogP contribution in [0.4, 0.5) is 0 Å². The maximum absolute atomic E-state index is 6.57. The fraction of sp³-hybridized carbons (Fsp3) is 0.322. The summed E-state index contributed by atoms with van der Waals surface area (Å²) < 4.78 is 8.90. The van der Waals surface area contributed by atoms with Crippen LogP contribution < -0.4 is 5.19 Å². The Hall–Kier alpha value is -5.53. The molecule has 0 spiro atoms. The number of rotatable bonds is 10. The van der Waals surface area contributed by atoms with Gasteiger partial charge in [0, 0.05) is 49.8 Å². The van der Waals surface area contributed by atoms with Crippen LogP contribution in [0, 0.1) is 25.0 Å². The van der Waals surface area contributed by atoms with E-state index in [1.807, 2.05) is 30.5 Å². The molecule has 10 rings (SSSR count). The van der Waals surface area contributed by atoms with Crippen LogP contribution in [0.2, 0.25) is 19.6 Å². The zero-order chi connectivity index (χ0) is 46.3. The van der Waals surface area contributed by atoms with Crippen LogP contribution >= 0.6 is 0 Å². The van der Waals surface area contributed by atoms with Crippen molar-refractivity contribution in [3.63, 3.8) is 0 Å². The van der Waals surface area contributed by atoms with E-state index in [9.17, 15) is 0 Å². The first kappa shape index (κ1) is 47.9. The van der Waals surface area contributed by atoms with E-state index in [1.165, 1.54) is 59.9 Å². The first-order valence-electron chi connectivity index (χ1n) is 24.0. The fourth-order valence-electron chi connectivity index (χ4n) is 10.1. The third-order valence-electron chi connectivity index (χ3n) is 13.5. The molecule has 0 saturated heterocycles. The van der Waals surface area contributed by atoms with Crippen molar-refractivity contribution < 1.29 is 24.5 Å². The second-order valence-electron chi connectivity index (χ2n) is 20.3. The van der Waals surface area contributed by atoms with Crippen LogP contribution in [-0.2, 0) is 26.5 Å². The summed E-state index contributed by atoms with van der Waals surface area (Å²) in [5, 5.41) is 3.64. The Kier molecular flexibility index (Phi) is 14.3. The Labute approximate surface area is 412 Å². The summed E-state index contributed by atoms with van der Waals surface area (Å²) >= 11 is 0. The molecule has 0 N–H and O–H groups in total. The number of pyridine rings is 3. The Morgan fingerprint density at radius 2 is 1.45 bits per heavy atom. The van der Waals surface area contributed by atoms with Crippen molar-refractivity contribution in [1.82, 2.24) is 24.5 Å². The van der Waals surface area contributed by atoms with E-state index in [0.29, 0.717) is 11.6 Å². The molecule has 0 atom stereocenters. The maximum Gasteiger partial charge on any atom is 0.216 e. The maximum atomic E-state index is 6.57. The van der Waals surface area contributed by atoms with Gasteiger partial charge in [0.25, 0.3) is 0 Å². The zero-order valence-electron chi connectivity index (χ0n) is 40.8. The van der Waals surface area contributed by atoms with Gasteiger partial charge < -0.3 is 14.0 Å². The van der Waals surface area contributed by atoms with E-state index in [4.69, 9.17) is 19.4 Å². The van der Waals surface area contributed by atoms with E-state index in [-0.39, 0.29) is 31.9 Å². The normalized spacial score (nSPS) is 13.3. The molecule has 5 aromatic heterocycles. The van der Waals surface area contributed by atoms with Crippen molar-refractivity contribution in [3.05, 3.63) is 156 Å². The molecule has 0 unspecified atom stereocenters. The molecule has 0 bridgehead atoms. The van der Waals surface area contributed by atoms with Crippen LogP contribution in [-0.4, -0.2) is 32.6 Å². The number of furan rings is 1. The minimum absolute atomic E-state index is 0. The van der Waals surface area contributed by atoms with Gasteiger partial charge in [0.15, 0.2) is 0 Å². The van der Waals surface area contributed by atoms with Crippen molar-refractivity contribution in [2.24, 2.45) is 5.92 Å². The molecule has 6 nitrogen and oxygen atoms in total. The van der Waals surface area contributed by atoms with E-state index < -0.39 is 8.07 Å². The number of aryl methyl sites for hydroxylation is 1. The van der Waals surface area contributed by atoms with E-state index in [1.54, 1.807) is 16.9 Å². The van der Waals surface area contributed by atoms with Crippen LogP contribution in [0.3, 0.4) is 0 Å². The molecule has 1 saturated carbocycles. The predicted octanol–water partition coefficient (Wildman–Crippen LogP) is 15.4. The summed E-state index contributed by atoms with van der Waals surface area (Å²) in [5.74, 6) is 2.49. The molecule has 1 aliphatic rings. The quantitative estimate of drug-likeness (QED) is 0.101. The van der Waals surface area contributed by atoms with Gasteiger partial charge in [0.1, 0.15) is 0 Å². The molecule has 1 aliphatic carbocycles. The summed E-state index contributed by atoms with van der Waals surface area (Å²) in [5.41, 5.74) is 16.1. The molecule has 345 valence electrons. The summed E-state index contributed by atoms with van der Waals surface area (Å²) in [4.78, 5) is 19.4. The third kappa shape index (κ3) is 9.63. The van der Waals surface area contributed by atoms with Gasteiger partial charge in [0.2, 0.25) is 5.71 Å². The van der Waals surface area contributed by atoms with Gasteiger partial charge in [-0.1, -0.05) is 146 Å². The van der Waals surface area contributed by atoms with Crippen molar-refractivity contribution in [1.29, 1.82) is 0 Å². The molecule has 0 aliphatic heterocycles. The first-order chi connectivity index (χ1) is 31.8. The van der Waals surface area contributed by atoms with E-state index in [2.05, 4.69) is 169 Å². The zero-order valence-corrected chi connectivity index (χ0v) is 44.2. The number of hydrogen-bond donors (Lipinski definition) is 0. The smallest absolute Gasteiger partial charge is 0.216 e. The van der Waals surface area contributed by atoms with Gasteiger partial charge in [-0.3, -0.25) is 9.97 Å². The summed E-state index contributed by atoms with van der Waals surface area (Å²) in [6, 6.07) is 41.0. The average Bonchev–Trinajstić information content (AvgIpc) is 4.07. The van der Waals surface area contributed by atoms with Crippen LogP contribution in [0.5, 0.6) is 0 Å². The molecule has 1 radical (unpaired) electrons. The van der Waals surface area contributed by atoms with Crippen molar-refractivity contribution >= 4 is 46.4 Å². The van der Waals surface area contributed by atoms with Gasteiger partial charge in [0.05, 0.1) is 36.2 Å². The molecule has 0 amide bonds. The van der Waals surface area contributed by atoms with Gasteiger partial charge in [-0.25, -0.2) is 4.98 Å². The van der Waals surface area contributed by atoms with E-state index in [0.717, 1.165) is 67.3 Å². The molecular formula is C59H63IrN5OSi-2.